The smallest absolute Gasteiger partial charge is 0.124 e. The second-order valence-electron chi connectivity index (χ2n) is 7.03. The number of hydrogen-bond donors (Lipinski definition) is 3. The zero-order chi connectivity index (χ0) is 19.3. The van der Waals surface area contributed by atoms with E-state index in [4.69, 9.17) is 9.47 Å². The lowest BCUT2D eigenvalue weighted by Crippen LogP contribution is -2.48. The Kier molecular flexibility index (Phi) is 8.04. The molecule has 0 heterocycles. The maximum Gasteiger partial charge on any atom is 0.124 e. The molecule has 3 aromatic carbocycles. The van der Waals surface area contributed by atoms with E-state index in [-0.39, 0.29) is 25.6 Å². The fraction of sp³-hybridized carbons (Fsp3) is 0.364. The minimum Gasteiger partial charge on any atom is -0.491 e. The number of aliphatic hydroxyl groups excluding tert-OH is 2. The maximum absolute atomic E-state index is 9.59. The Morgan fingerprint density at radius 3 is 2.25 bits per heavy atom. The van der Waals surface area contributed by atoms with Crippen molar-refractivity contribution < 1.29 is 19.7 Å². The van der Waals surface area contributed by atoms with Gasteiger partial charge in [-0.25, -0.2) is 0 Å². The second-order valence-corrected chi connectivity index (χ2v) is 7.03. The number of benzene rings is 3. The van der Waals surface area contributed by atoms with Crippen molar-refractivity contribution in [2.45, 2.75) is 19.0 Å². The number of ether oxygens (including phenoxy) is 2. The molecule has 0 saturated heterocycles. The number of methoxy groups -OCH3 is 1. The topological polar surface area (TPSA) is 71.0 Å². The Labute approximate surface area is 171 Å². The van der Waals surface area contributed by atoms with Crippen LogP contribution in [0, 0.1) is 0 Å². The first kappa shape index (κ1) is 22.4. The Bertz CT molecular complexity index is 912. The molecule has 0 spiro atoms. The maximum atomic E-state index is 9.59. The Morgan fingerprint density at radius 1 is 0.929 bits per heavy atom. The molecule has 0 bridgehead atoms. The minimum atomic E-state index is -0.761. The van der Waals surface area contributed by atoms with Crippen molar-refractivity contribution in [3.05, 3.63) is 54.1 Å². The van der Waals surface area contributed by atoms with Crippen molar-refractivity contribution in [2.75, 3.05) is 33.5 Å². The van der Waals surface area contributed by atoms with E-state index in [1.807, 2.05) is 18.2 Å². The highest BCUT2D eigenvalue weighted by atomic mass is 35.5. The van der Waals surface area contributed by atoms with Gasteiger partial charge in [-0.2, -0.15) is 0 Å². The summed E-state index contributed by atoms with van der Waals surface area (Å²) in [6, 6.07) is 16.6. The minimum absolute atomic E-state index is 0. The molecular weight excluding hydrogens is 378 g/mol. The molecule has 0 unspecified atom stereocenters. The van der Waals surface area contributed by atoms with Gasteiger partial charge < -0.3 is 25.0 Å². The van der Waals surface area contributed by atoms with E-state index >= 15 is 0 Å². The van der Waals surface area contributed by atoms with Crippen LogP contribution in [0.25, 0.3) is 21.5 Å². The molecular formula is C22H28ClNO4. The van der Waals surface area contributed by atoms with Crippen molar-refractivity contribution in [3.8, 4) is 5.75 Å². The lowest BCUT2D eigenvalue weighted by Gasteiger charge is -2.27. The number of halogens is 1. The van der Waals surface area contributed by atoms with E-state index in [1.165, 1.54) is 5.39 Å². The van der Waals surface area contributed by atoms with Crippen LogP contribution in [-0.4, -0.2) is 49.3 Å². The second kappa shape index (κ2) is 10.0. The molecule has 0 aliphatic rings. The first-order chi connectivity index (χ1) is 13.1. The van der Waals surface area contributed by atoms with Gasteiger partial charge in [-0.15, -0.1) is 12.4 Å². The molecule has 0 atom stereocenters. The Balaban J connectivity index is 0.00000280. The monoisotopic (exact) mass is 405 g/mol. The van der Waals surface area contributed by atoms with Crippen LogP contribution in [0.2, 0.25) is 0 Å². The fourth-order valence-electron chi connectivity index (χ4n) is 3.07. The molecule has 0 radical (unpaired) electrons. The lowest BCUT2D eigenvalue weighted by molar-refractivity contribution is 0.102. The van der Waals surface area contributed by atoms with Crippen LogP contribution in [0.15, 0.2) is 48.5 Å². The quantitative estimate of drug-likeness (QED) is 0.376. The van der Waals surface area contributed by atoms with Crippen LogP contribution in [0.3, 0.4) is 0 Å². The molecule has 0 aliphatic carbocycles. The van der Waals surface area contributed by atoms with Crippen molar-refractivity contribution in [2.24, 2.45) is 0 Å². The predicted molar refractivity (Wildman–Crippen MR) is 115 cm³/mol. The highest BCUT2D eigenvalue weighted by Crippen LogP contribution is 2.32. The summed E-state index contributed by atoms with van der Waals surface area (Å²) in [5, 5.41) is 27.0. The summed E-state index contributed by atoms with van der Waals surface area (Å²) >= 11 is 0. The molecule has 3 aromatic rings. The number of hydrogen-bond acceptors (Lipinski definition) is 5. The number of fused-ring (bicyclic) bond motifs is 2. The third-order valence-corrected chi connectivity index (χ3v) is 4.89. The molecule has 0 aliphatic heterocycles. The van der Waals surface area contributed by atoms with Crippen LogP contribution in [0.4, 0.5) is 0 Å². The summed E-state index contributed by atoms with van der Waals surface area (Å²) in [6.07, 6.45) is 0. The van der Waals surface area contributed by atoms with Gasteiger partial charge in [0.05, 0.1) is 25.4 Å². The van der Waals surface area contributed by atoms with E-state index < -0.39 is 5.54 Å². The third kappa shape index (κ3) is 4.93. The molecule has 3 N–H and O–H groups in total. The van der Waals surface area contributed by atoms with Gasteiger partial charge in [-0.3, -0.25) is 0 Å². The standard InChI is InChI=1S/C22H27NO4.ClH/c1-22(14-24,15-25)23-13-20-19-12-17-6-4-3-5-16(17)11-18(19)7-8-21(20)27-10-9-26-2;/h3-8,11-12,23-25H,9-10,13-15H2,1-2H3;1H. The summed E-state index contributed by atoms with van der Waals surface area (Å²) in [5.74, 6) is 0.778. The van der Waals surface area contributed by atoms with E-state index in [2.05, 4.69) is 35.6 Å². The average Bonchev–Trinajstić information content (AvgIpc) is 2.71. The normalized spacial score (nSPS) is 11.6. The van der Waals surface area contributed by atoms with E-state index in [1.54, 1.807) is 14.0 Å². The Morgan fingerprint density at radius 2 is 1.61 bits per heavy atom. The van der Waals surface area contributed by atoms with Crippen LogP contribution in [0.1, 0.15) is 12.5 Å². The van der Waals surface area contributed by atoms with Crippen molar-refractivity contribution in [3.63, 3.8) is 0 Å². The molecule has 152 valence electrons. The van der Waals surface area contributed by atoms with Gasteiger partial charge >= 0.3 is 0 Å². The third-order valence-electron chi connectivity index (χ3n) is 4.89. The number of nitrogens with one attached hydrogen (secondary N) is 1. The van der Waals surface area contributed by atoms with Gasteiger partial charge in [0.25, 0.3) is 0 Å². The molecule has 3 rings (SSSR count). The zero-order valence-electron chi connectivity index (χ0n) is 16.3. The summed E-state index contributed by atoms with van der Waals surface area (Å²) in [5.41, 5.74) is 0.241. The molecule has 5 nitrogen and oxygen atoms in total. The van der Waals surface area contributed by atoms with Crippen LogP contribution >= 0.6 is 12.4 Å². The molecule has 28 heavy (non-hydrogen) atoms. The number of rotatable bonds is 9. The summed E-state index contributed by atoms with van der Waals surface area (Å²) in [6.45, 7) is 2.91. The van der Waals surface area contributed by atoms with Crippen LogP contribution in [0.5, 0.6) is 5.75 Å². The van der Waals surface area contributed by atoms with Gasteiger partial charge in [-0.05, 0) is 46.7 Å². The largest absolute Gasteiger partial charge is 0.491 e. The summed E-state index contributed by atoms with van der Waals surface area (Å²) < 4.78 is 11.0. The first-order valence-electron chi connectivity index (χ1n) is 9.13. The molecule has 0 fully saturated rings. The molecule has 0 aromatic heterocycles. The highest BCUT2D eigenvalue weighted by Gasteiger charge is 2.22. The van der Waals surface area contributed by atoms with Crippen LogP contribution < -0.4 is 10.1 Å². The van der Waals surface area contributed by atoms with Crippen LogP contribution in [-0.2, 0) is 11.3 Å². The highest BCUT2D eigenvalue weighted by molar-refractivity contribution is 6.00. The molecule has 0 amide bonds. The first-order valence-corrected chi connectivity index (χ1v) is 9.13. The van der Waals surface area contributed by atoms with Crippen molar-refractivity contribution in [1.82, 2.24) is 5.32 Å². The molecule has 0 saturated carbocycles. The van der Waals surface area contributed by atoms with Gasteiger partial charge in [0.2, 0.25) is 0 Å². The summed E-state index contributed by atoms with van der Waals surface area (Å²) in [7, 11) is 1.65. The average molecular weight is 406 g/mol. The van der Waals surface area contributed by atoms with Gasteiger partial charge in [-0.1, -0.05) is 30.3 Å². The SMILES string of the molecule is COCCOc1ccc2cc3ccccc3cc2c1CNC(C)(CO)CO.Cl. The van der Waals surface area contributed by atoms with Gasteiger partial charge in [0.15, 0.2) is 0 Å². The number of aliphatic hydroxyl groups is 2. The fourth-order valence-corrected chi connectivity index (χ4v) is 3.07. The van der Waals surface area contributed by atoms with E-state index in [0.717, 1.165) is 27.5 Å². The van der Waals surface area contributed by atoms with Crippen molar-refractivity contribution >= 4 is 34.0 Å². The zero-order valence-corrected chi connectivity index (χ0v) is 17.1. The van der Waals surface area contributed by atoms with Crippen molar-refractivity contribution in [1.29, 1.82) is 0 Å². The van der Waals surface area contributed by atoms with E-state index in [9.17, 15) is 10.2 Å². The van der Waals surface area contributed by atoms with E-state index in [0.29, 0.717) is 19.8 Å². The lowest BCUT2D eigenvalue weighted by atomic mass is 9.97. The van der Waals surface area contributed by atoms with Gasteiger partial charge in [0, 0.05) is 19.2 Å². The predicted octanol–water partition coefficient (Wildman–Crippen LogP) is 3.27. The Hall–Kier alpha value is -1.89. The summed E-state index contributed by atoms with van der Waals surface area (Å²) in [4.78, 5) is 0. The molecule has 6 heteroatoms. The van der Waals surface area contributed by atoms with Gasteiger partial charge in [0.1, 0.15) is 12.4 Å².